The zero-order valence-electron chi connectivity index (χ0n) is 14.6. The molecule has 0 aromatic heterocycles. The Hall–Kier alpha value is 0.500. The lowest BCUT2D eigenvalue weighted by Crippen LogP contribution is -2.06. The molecule has 0 N–H and O–H groups in total. The van der Waals surface area contributed by atoms with Gasteiger partial charge in [-0.2, -0.15) is 0 Å². The molecule has 0 amide bonds. The van der Waals surface area contributed by atoms with Crippen molar-refractivity contribution in [3.63, 3.8) is 0 Å². The van der Waals surface area contributed by atoms with Gasteiger partial charge in [-0.3, -0.25) is 0 Å². The van der Waals surface area contributed by atoms with Gasteiger partial charge in [-0.05, 0) is 38.5 Å². The van der Waals surface area contributed by atoms with Crippen LogP contribution in [0.4, 0.5) is 0 Å². The Morgan fingerprint density at radius 3 is 1.36 bits per heavy atom. The van der Waals surface area contributed by atoms with E-state index in [4.69, 9.17) is 32.7 Å². The summed E-state index contributed by atoms with van der Waals surface area (Å²) in [7, 11) is 0. The summed E-state index contributed by atoms with van der Waals surface area (Å²) in [5, 5.41) is 0.707. The highest BCUT2D eigenvalue weighted by atomic mass is 35.5. The molecule has 0 bridgehead atoms. The lowest BCUT2D eigenvalue weighted by atomic mass is 10.1. The zero-order valence-corrected chi connectivity index (χ0v) is 16.1. The Balaban J connectivity index is 3.03. The molecular formula is C18H36Cl2O2. The molecule has 0 spiro atoms. The Morgan fingerprint density at radius 1 is 0.591 bits per heavy atom. The van der Waals surface area contributed by atoms with Crippen molar-refractivity contribution in [1.29, 1.82) is 0 Å². The first-order valence-electron chi connectivity index (χ1n) is 9.14. The summed E-state index contributed by atoms with van der Waals surface area (Å²) in [6.45, 7) is 7.40. The highest BCUT2D eigenvalue weighted by molar-refractivity contribution is 6.20. The van der Waals surface area contributed by atoms with Crippen molar-refractivity contribution in [2.24, 2.45) is 0 Å². The van der Waals surface area contributed by atoms with Crippen molar-refractivity contribution in [3.8, 4) is 0 Å². The van der Waals surface area contributed by atoms with Crippen molar-refractivity contribution in [3.05, 3.63) is 0 Å². The lowest BCUT2D eigenvalue weighted by molar-refractivity contribution is 0.0448. The maximum atomic E-state index is 6.08. The molecule has 0 fully saturated rings. The highest BCUT2D eigenvalue weighted by Crippen LogP contribution is 2.12. The number of hydrogen-bond donors (Lipinski definition) is 0. The van der Waals surface area contributed by atoms with Crippen LogP contribution in [-0.2, 0) is 9.47 Å². The van der Waals surface area contributed by atoms with Crippen LogP contribution in [-0.4, -0.2) is 37.2 Å². The summed E-state index contributed by atoms with van der Waals surface area (Å²) in [6.07, 6.45) is 11.5. The van der Waals surface area contributed by atoms with Crippen molar-refractivity contribution in [2.75, 3.05) is 26.4 Å². The number of unbranched alkanes of at least 4 members (excludes halogenated alkanes) is 4. The first kappa shape index (κ1) is 22.5. The molecule has 0 heterocycles. The van der Waals surface area contributed by atoms with E-state index in [1.807, 2.05) is 0 Å². The van der Waals surface area contributed by atoms with Gasteiger partial charge in [0.15, 0.2) is 0 Å². The Morgan fingerprint density at radius 2 is 1.00 bits per heavy atom. The first-order valence-corrected chi connectivity index (χ1v) is 10.0. The number of ether oxygens (including phenoxy) is 2. The van der Waals surface area contributed by atoms with Gasteiger partial charge >= 0.3 is 0 Å². The van der Waals surface area contributed by atoms with Gasteiger partial charge in [-0.1, -0.05) is 39.5 Å². The molecule has 0 saturated heterocycles. The molecule has 2 nitrogen and oxygen atoms in total. The van der Waals surface area contributed by atoms with Crippen LogP contribution in [0.15, 0.2) is 0 Å². The van der Waals surface area contributed by atoms with Crippen LogP contribution in [0.5, 0.6) is 0 Å². The first-order chi connectivity index (χ1) is 10.7. The minimum Gasteiger partial charge on any atom is -0.379 e. The van der Waals surface area contributed by atoms with E-state index in [0.29, 0.717) is 24.0 Å². The Kier molecular flexibility index (Phi) is 18.3. The molecule has 0 aliphatic carbocycles. The van der Waals surface area contributed by atoms with E-state index in [-0.39, 0.29) is 0 Å². The maximum Gasteiger partial charge on any atom is 0.0700 e. The third kappa shape index (κ3) is 16.9. The van der Waals surface area contributed by atoms with E-state index in [1.54, 1.807) is 0 Å². The fraction of sp³-hybridized carbons (Fsp3) is 1.00. The summed E-state index contributed by atoms with van der Waals surface area (Å²) in [5.74, 6) is 0. The average Bonchev–Trinajstić information content (AvgIpc) is 2.54. The molecule has 0 aliphatic rings. The predicted molar refractivity (Wildman–Crippen MR) is 98.4 cm³/mol. The molecule has 0 aromatic carbocycles. The Labute approximate surface area is 148 Å². The summed E-state index contributed by atoms with van der Waals surface area (Å²) in [6, 6.07) is 0. The predicted octanol–water partition coefficient (Wildman–Crippen LogP) is 6.18. The van der Waals surface area contributed by atoms with E-state index in [0.717, 1.165) is 51.7 Å². The van der Waals surface area contributed by atoms with Gasteiger partial charge in [0.05, 0.1) is 13.2 Å². The smallest absolute Gasteiger partial charge is 0.0700 e. The van der Waals surface area contributed by atoms with Crippen LogP contribution in [0.3, 0.4) is 0 Å². The fourth-order valence-electron chi connectivity index (χ4n) is 2.22. The molecule has 0 rings (SSSR count). The van der Waals surface area contributed by atoms with E-state index in [2.05, 4.69) is 13.8 Å². The minimum atomic E-state index is 0.353. The highest BCUT2D eigenvalue weighted by Gasteiger charge is 2.01. The van der Waals surface area contributed by atoms with Crippen LogP contribution < -0.4 is 0 Å². The van der Waals surface area contributed by atoms with Crippen LogP contribution in [0, 0.1) is 0 Å². The summed E-state index contributed by atoms with van der Waals surface area (Å²) in [5.41, 5.74) is 0. The molecular weight excluding hydrogens is 319 g/mol. The average molecular weight is 355 g/mol. The zero-order chi connectivity index (χ0) is 16.5. The second-order valence-corrected chi connectivity index (χ2v) is 7.17. The largest absolute Gasteiger partial charge is 0.379 e. The van der Waals surface area contributed by atoms with Gasteiger partial charge in [0.2, 0.25) is 0 Å². The van der Waals surface area contributed by atoms with Crippen molar-refractivity contribution in [1.82, 2.24) is 0 Å². The van der Waals surface area contributed by atoms with Gasteiger partial charge in [-0.15, -0.1) is 23.2 Å². The van der Waals surface area contributed by atoms with Crippen molar-refractivity contribution < 1.29 is 9.47 Å². The van der Waals surface area contributed by atoms with E-state index < -0.39 is 0 Å². The molecule has 0 aromatic rings. The van der Waals surface area contributed by atoms with E-state index >= 15 is 0 Å². The standard InChI is InChI=1S/C18H36Cl2O2/c1-3-17(19)11-7-5-9-13-21-15-16-22-14-10-6-8-12-18(20)4-2/h17-18H,3-16H2,1-2H3. The SMILES string of the molecule is CCC(Cl)CCCCCOCCOCCCCCC(Cl)CC. The summed E-state index contributed by atoms with van der Waals surface area (Å²) < 4.78 is 11.1. The van der Waals surface area contributed by atoms with Gasteiger partial charge in [0.1, 0.15) is 0 Å². The van der Waals surface area contributed by atoms with Crippen LogP contribution in [0.25, 0.3) is 0 Å². The van der Waals surface area contributed by atoms with Crippen LogP contribution in [0.2, 0.25) is 0 Å². The molecule has 0 radical (unpaired) electrons. The monoisotopic (exact) mass is 354 g/mol. The third-order valence-corrected chi connectivity index (χ3v) is 4.92. The van der Waals surface area contributed by atoms with Gasteiger partial charge in [0, 0.05) is 24.0 Å². The second-order valence-electron chi connectivity index (χ2n) is 5.93. The van der Waals surface area contributed by atoms with Gasteiger partial charge in [0.25, 0.3) is 0 Å². The topological polar surface area (TPSA) is 18.5 Å². The fourth-order valence-corrected chi connectivity index (χ4v) is 2.53. The number of halogens is 2. The van der Waals surface area contributed by atoms with E-state index in [1.165, 1.54) is 25.7 Å². The molecule has 2 unspecified atom stereocenters. The number of rotatable bonds is 17. The quantitative estimate of drug-likeness (QED) is 0.229. The second kappa shape index (κ2) is 17.8. The van der Waals surface area contributed by atoms with Crippen LogP contribution in [0.1, 0.15) is 78.1 Å². The number of alkyl halides is 2. The van der Waals surface area contributed by atoms with Gasteiger partial charge in [-0.25, -0.2) is 0 Å². The van der Waals surface area contributed by atoms with E-state index in [9.17, 15) is 0 Å². The molecule has 134 valence electrons. The molecule has 0 saturated carbocycles. The molecule has 2 atom stereocenters. The normalized spacial score (nSPS) is 14.2. The lowest BCUT2D eigenvalue weighted by Gasteiger charge is -2.08. The number of hydrogen-bond acceptors (Lipinski definition) is 2. The molecule has 22 heavy (non-hydrogen) atoms. The third-order valence-electron chi connectivity index (χ3n) is 3.87. The van der Waals surface area contributed by atoms with Crippen LogP contribution >= 0.6 is 23.2 Å². The summed E-state index contributed by atoms with van der Waals surface area (Å²) >= 11 is 12.2. The summed E-state index contributed by atoms with van der Waals surface area (Å²) in [4.78, 5) is 0. The molecule has 4 heteroatoms. The minimum absolute atomic E-state index is 0.353. The van der Waals surface area contributed by atoms with Crippen molar-refractivity contribution in [2.45, 2.75) is 88.8 Å². The van der Waals surface area contributed by atoms with Gasteiger partial charge < -0.3 is 9.47 Å². The Bertz CT molecular complexity index is 193. The maximum absolute atomic E-state index is 6.08. The van der Waals surface area contributed by atoms with Crippen molar-refractivity contribution >= 4 is 23.2 Å². The molecule has 0 aliphatic heterocycles.